The van der Waals surface area contributed by atoms with Gasteiger partial charge in [0.25, 0.3) is 5.91 Å². The first-order valence-corrected chi connectivity index (χ1v) is 8.91. The number of benzene rings is 1. The molecule has 2 aliphatic heterocycles. The van der Waals surface area contributed by atoms with Gasteiger partial charge in [0, 0.05) is 30.9 Å². The number of aromatic nitrogens is 2. The molecule has 1 aromatic heterocycles. The summed E-state index contributed by atoms with van der Waals surface area (Å²) in [5.74, 6) is 0.00291. The molecule has 0 bridgehead atoms. The summed E-state index contributed by atoms with van der Waals surface area (Å²) in [5, 5.41) is 8.72. The highest BCUT2D eigenvalue weighted by atomic mass is 35.5. The molecule has 5 nitrogen and oxygen atoms in total. The molecule has 24 heavy (non-hydrogen) atoms. The number of piperidine rings is 1. The Hall–Kier alpha value is -1.85. The molecule has 1 N–H and O–H groups in total. The first-order chi connectivity index (χ1) is 11.7. The van der Waals surface area contributed by atoms with Crippen molar-refractivity contribution in [2.75, 3.05) is 19.6 Å². The van der Waals surface area contributed by atoms with Crippen molar-refractivity contribution in [1.82, 2.24) is 20.0 Å². The van der Waals surface area contributed by atoms with E-state index >= 15 is 0 Å². The van der Waals surface area contributed by atoms with Gasteiger partial charge < -0.3 is 10.2 Å². The number of hydrogen-bond acceptors (Lipinski definition) is 3. The zero-order chi connectivity index (χ0) is 16.5. The van der Waals surface area contributed by atoms with Gasteiger partial charge in [0.2, 0.25) is 0 Å². The van der Waals surface area contributed by atoms with E-state index in [0.717, 1.165) is 42.9 Å². The highest BCUT2D eigenvalue weighted by molar-refractivity contribution is 6.31. The van der Waals surface area contributed by atoms with Crippen molar-refractivity contribution in [3.05, 3.63) is 52.3 Å². The maximum absolute atomic E-state index is 12.8. The van der Waals surface area contributed by atoms with Crippen LogP contribution in [0.4, 0.5) is 0 Å². The third-order valence-corrected chi connectivity index (χ3v) is 5.32. The number of fused-ring (bicyclic) bond motifs is 1. The summed E-state index contributed by atoms with van der Waals surface area (Å²) in [6.45, 7) is 3.28. The van der Waals surface area contributed by atoms with Crippen molar-refractivity contribution < 1.29 is 4.79 Å². The molecule has 4 rings (SSSR count). The Kier molecular flexibility index (Phi) is 4.29. The van der Waals surface area contributed by atoms with E-state index in [1.165, 1.54) is 5.56 Å². The van der Waals surface area contributed by atoms with E-state index in [-0.39, 0.29) is 5.91 Å². The maximum atomic E-state index is 12.8. The quantitative estimate of drug-likeness (QED) is 0.911. The molecular weight excluding hydrogens is 324 g/mol. The Balaban J connectivity index is 1.49. The molecule has 0 radical (unpaired) electrons. The molecule has 1 unspecified atom stereocenters. The molecule has 1 fully saturated rings. The second kappa shape index (κ2) is 6.57. The van der Waals surface area contributed by atoms with Crippen molar-refractivity contribution in [1.29, 1.82) is 0 Å². The van der Waals surface area contributed by atoms with Crippen LogP contribution in [0, 0.1) is 0 Å². The number of nitrogens with one attached hydrogen (secondary N) is 1. The molecule has 0 spiro atoms. The molecule has 6 heteroatoms. The lowest BCUT2D eigenvalue weighted by Crippen LogP contribution is -2.36. The van der Waals surface area contributed by atoms with Crippen LogP contribution in [0.5, 0.6) is 0 Å². The Morgan fingerprint density at radius 1 is 1.33 bits per heavy atom. The van der Waals surface area contributed by atoms with Gasteiger partial charge in [0.05, 0.1) is 6.04 Å². The highest BCUT2D eigenvalue weighted by Gasteiger charge is 2.25. The van der Waals surface area contributed by atoms with E-state index in [1.54, 1.807) is 0 Å². The summed E-state index contributed by atoms with van der Waals surface area (Å²) < 4.78 is 1.94. The number of carbonyl (C=O) groups is 1. The Morgan fingerprint density at radius 2 is 2.25 bits per heavy atom. The first-order valence-electron chi connectivity index (χ1n) is 8.54. The minimum atomic E-state index is 0.00291. The smallest absolute Gasteiger partial charge is 0.274 e. The Morgan fingerprint density at radius 3 is 3.08 bits per heavy atom. The molecule has 2 aliphatic rings. The van der Waals surface area contributed by atoms with Crippen molar-refractivity contribution >= 4 is 17.5 Å². The minimum absolute atomic E-state index is 0.00291. The van der Waals surface area contributed by atoms with Crippen LogP contribution in [-0.2, 0) is 13.0 Å². The molecule has 0 aliphatic carbocycles. The van der Waals surface area contributed by atoms with Gasteiger partial charge in [-0.25, -0.2) is 0 Å². The van der Waals surface area contributed by atoms with Crippen LogP contribution in [0.25, 0.3) is 0 Å². The fraction of sp³-hybridized carbons (Fsp3) is 0.444. The monoisotopic (exact) mass is 344 g/mol. The van der Waals surface area contributed by atoms with Crippen molar-refractivity contribution in [3.63, 3.8) is 0 Å². The van der Waals surface area contributed by atoms with Gasteiger partial charge in [-0.3, -0.25) is 9.48 Å². The highest BCUT2D eigenvalue weighted by Crippen LogP contribution is 2.26. The molecule has 1 aromatic carbocycles. The second-order valence-corrected chi connectivity index (χ2v) is 6.94. The summed E-state index contributed by atoms with van der Waals surface area (Å²) >= 11 is 6.25. The molecular formula is C18H21ClN4O. The average molecular weight is 345 g/mol. The number of carbonyl (C=O) groups excluding carboxylic acids is 1. The first kappa shape index (κ1) is 15.7. The molecule has 1 saturated heterocycles. The summed E-state index contributed by atoms with van der Waals surface area (Å²) in [5.41, 5.74) is 2.84. The summed E-state index contributed by atoms with van der Waals surface area (Å²) in [4.78, 5) is 14.7. The fourth-order valence-corrected chi connectivity index (χ4v) is 3.90. The topological polar surface area (TPSA) is 50.2 Å². The second-order valence-electron chi connectivity index (χ2n) is 6.54. The van der Waals surface area contributed by atoms with E-state index < -0.39 is 0 Å². The normalized spacial score (nSPS) is 20.7. The fourth-order valence-electron chi connectivity index (χ4n) is 3.61. The lowest BCUT2D eigenvalue weighted by molar-refractivity contribution is 0.0727. The zero-order valence-corrected chi connectivity index (χ0v) is 14.3. The van der Waals surface area contributed by atoms with E-state index in [2.05, 4.69) is 10.4 Å². The van der Waals surface area contributed by atoms with E-state index in [4.69, 9.17) is 11.6 Å². The van der Waals surface area contributed by atoms with E-state index in [0.29, 0.717) is 24.8 Å². The lowest BCUT2D eigenvalue weighted by Gasteiger charge is -2.29. The molecule has 126 valence electrons. The van der Waals surface area contributed by atoms with Gasteiger partial charge in [-0.15, -0.1) is 0 Å². The predicted octanol–water partition coefficient (Wildman–Crippen LogP) is 2.66. The number of nitrogens with zero attached hydrogens (tertiary/aromatic N) is 3. The largest absolute Gasteiger partial charge is 0.333 e. The minimum Gasteiger partial charge on any atom is -0.333 e. The predicted molar refractivity (Wildman–Crippen MR) is 93.3 cm³/mol. The van der Waals surface area contributed by atoms with Gasteiger partial charge in [-0.05, 0) is 49.1 Å². The third kappa shape index (κ3) is 2.94. The summed E-state index contributed by atoms with van der Waals surface area (Å²) in [6.07, 6.45) is 4.99. The number of hydrogen-bond donors (Lipinski definition) is 1. The summed E-state index contributed by atoms with van der Waals surface area (Å²) in [7, 11) is 0. The van der Waals surface area contributed by atoms with Crippen LogP contribution in [0.2, 0.25) is 5.02 Å². The third-order valence-electron chi connectivity index (χ3n) is 4.97. The van der Waals surface area contributed by atoms with Gasteiger partial charge in [0.1, 0.15) is 5.69 Å². The molecule has 1 atom stereocenters. The summed E-state index contributed by atoms with van der Waals surface area (Å²) in [6, 6.07) is 8.09. The number of amides is 1. The van der Waals surface area contributed by atoms with E-state index in [9.17, 15) is 4.79 Å². The van der Waals surface area contributed by atoms with Crippen LogP contribution < -0.4 is 5.32 Å². The SMILES string of the molecule is O=C(c1ccn(C2CCCNC2)n1)N1CCc2c(Cl)cccc2C1. The Labute approximate surface area is 146 Å². The molecule has 1 amide bonds. The van der Waals surface area contributed by atoms with Crippen LogP contribution in [0.15, 0.2) is 30.5 Å². The molecule has 3 heterocycles. The number of halogens is 1. The van der Waals surface area contributed by atoms with Gasteiger partial charge in [-0.1, -0.05) is 23.7 Å². The standard InChI is InChI=1S/C18H21ClN4O/c19-16-5-1-3-13-12-22(9-6-15(13)16)18(24)17-7-10-23(21-17)14-4-2-8-20-11-14/h1,3,5,7,10,14,20H,2,4,6,8-9,11-12H2. The van der Waals surface area contributed by atoms with Crippen molar-refractivity contribution in [2.24, 2.45) is 0 Å². The van der Waals surface area contributed by atoms with Crippen molar-refractivity contribution in [2.45, 2.75) is 31.8 Å². The van der Waals surface area contributed by atoms with Gasteiger partial charge in [-0.2, -0.15) is 5.10 Å². The van der Waals surface area contributed by atoms with E-state index in [1.807, 2.05) is 40.0 Å². The van der Waals surface area contributed by atoms with Crippen LogP contribution in [0.1, 0.15) is 40.5 Å². The Bertz CT molecular complexity index is 751. The number of rotatable bonds is 2. The van der Waals surface area contributed by atoms with Gasteiger partial charge in [0.15, 0.2) is 0 Å². The van der Waals surface area contributed by atoms with Crippen LogP contribution in [0.3, 0.4) is 0 Å². The van der Waals surface area contributed by atoms with Crippen molar-refractivity contribution in [3.8, 4) is 0 Å². The molecule has 0 saturated carbocycles. The average Bonchev–Trinajstić information content (AvgIpc) is 3.12. The molecule has 2 aromatic rings. The zero-order valence-electron chi connectivity index (χ0n) is 13.5. The van der Waals surface area contributed by atoms with Crippen LogP contribution in [-0.4, -0.2) is 40.2 Å². The maximum Gasteiger partial charge on any atom is 0.274 e. The lowest BCUT2D eigenvalue weighted by atomic mass is 9.99. The van der Waals surface area contributed by atoms with Crippen LogP contribution >= 0.6 is 11.6 Å². The van der Waals surface area contributed by atoms with Gasteiger partial charge >= 0.3 is 0 Å².